The van der Waals surface area contributed by atoms with E-state index in [0.717, 1.165) is 6.42 Å². The smallest absolute Gasteiger partial charge is 0.343 e. The van der Waals surface area contributed by atoms with Crippen molar-refractivity contribution in [1.82, 2.24) is 4.90 Å². The third kappa shape index (κ3) is 4.88. The molecule has 1 saturated heterocycles. The number of imide groups is 1. The van der Waals surface area contributed by atoms with Crippen molar-refractivity contribution in [2.45, 2.75) is 22.5 Å². The zero-order valence-electron chi connectivity index (χ0n) is 19.5. The van der Waals surface area contributed by atoms with Gasteiger partial charge in [-0.3, -0.25) is 24.1 Å². The SMILES string of the molecule is O=C(CCN1C(=O)C2C3CC(C(Br)C3Br)C2C1=O)OCC(=O)c1ccc(OC(=O)c2ccccc2)cc1. The van der Waals surface area contributed by atoms with E-state index in [-0.39, 0.29) is 69.4 Å². The van der Waals surface area contributed by atoms with Gasteiger partial charge in [0.15, 0.2) is 12.4 Å². The van der Waals surface area contributed by atoms with Crippen molar-refractivity contribution in [3.8, 4) is 5.75 Å². The average molecular weight is 633 g/mol. The molecule has 0 spiro atoms. The zero-order chi connectivity index (χ0) is 26.3. The summed E-state index contributed by atoms with van der Waals surface area (Å²) in [5, 5.41) is 0. The topological polar surface area (TPSA) is 107 Å². The molecule has 3 aliphatic rings. The maximum absolute atomic E-state index is 12.9. The Bertz CT molecular complexity index is 1220. The first-order chi connectivity index (χ1) is 17.8. The number of Topliss-reactive ketones (excluding diaryl/α,β-unsaturated/α-hetero) is 1. The molecule has 2 aromatic carbocycles. The van der Waals surface area contributed by atoms with E-state index < -0.39 is 24.3 Å². The summed E-state index contributed by atoms with van der Waals surface area (Å²) < 4.78 is 10.4. The summed E-state index contributed by atoms with van der Waals surface area (Å²) in [6.07, 6.45) is 0.663. The number of hydrogen-bond donors (Lipinski definition) is 0. The number of alkyl halides is 2. The summed E-state index contributed by atoms with van der Waals surface area (Å²) in [6, 6.07) is 14.4. The molecule has 8 nitrogen and oxygen atoms in total. The zero-order valence-corrected chi connectivity index (χ0v) is 22.7. The number of carbonyl (C=O) groups excluding carboxylic acids is 5. The van der Waals surface area contributed by atoms with Gasteiger partial charge in [-0.1, -0.05) is 50.1 Å². The Labute approximate surface area is 229 Å². The summed E-state index contributed by atoms with van der Waals surface area (Å²) in [5.41, 5.74) is 0.691. The minimum Gasteiger partial charge on any atom is -0.457 e. The highest BCUT2D eigenvalue weighted by atomic mass is 79.9. The van der Waals surface area contributed by atoms with Crippen molar-refractivity contribution in [3.63, 3.8) is 0 Å². The van der Waals surface area contributed by atoms with Gasteiger partial charge in [0.25, 0.3) is 0 Å². The molecule has 5 rings (SSSR count). The van der Waals surface area contributed by atoms with Crippen molar-refractivity contribution in [2.24, 2.45) is 23.7 Å². The molecule has 2 bridgehead atoms. The molecule has 2 amide bonds. The Morgan fingerprint density at radius 1 is 0.838 bits per heavy atom. The number of ketones is 1. The van der Waals surface area contributed by atoms with E-state index in [1.807, 2.05) is 0 Å². The molecular formula is C27H23Br2NO7. The summed E-state index contributed by atoms with van der Waals surface area (Å²) in [6.45, 7) is -0.533. The lowest BCUT2D eigenvalue weighted by molar-refractivity contribution is -0.145. The van der Waals surface area contributed by atoms with E-state index in [1.54, 1.807) is 30.3 Å². The maximum Gasteiger partial charge on any atom is 0.343 e. The van der Waals surface area contributed by atoms with E-state index in [2.05, 4.69) is 31.9 Å². The number of halogens is 2. The molecule has 0 N–H and O–H groups in total. The summed E-state index contributed by atoms with van der Waals surface area (Å²) in [4.78, 5) is 64.1. The molecule has 6 atom stereocenters. The lowest BCUT2D eigenvalue weighted by Crippen LogP contribution is -2.37. The van der Waals surface area contributed by atoms with Crippen LogP contribution in [0.4, 0.5) is 0 Å². The number of carbonyl (C=O) groups is 5. The third-order valence-corrected chi connectivity index (χ3v) is 10.6. The highest BCUT2D eigenvalue weighted by Gasteiger charge is 2.66. The number of ether oxygens (including phenoxy) is 2. The minimum atomic E-state index is -0.667. The molecule has 2 aliphatic carbocycles. The minimum absolute atomic E-state index is 0.0570. The van der Waals surface area contributed by atoms with Crippen LogP contribution >= 0.6 is 31.9 Å². The Hall–Kier alpha value is -2.85. The molecule has 10 heteroatoms. The van der Waals surface area contributed by atoms with Crippen molar-refractivity contribution < 1.29 is 33.4 Å². The van der Waals surface area contributed by atoms with Gasteiger partial charge in [-0.05, 0) is 54.7 Å². The molecule has 2 saturated carbocycles. The fourth-order valence-corrected chi connectivity index (χ4v) is 7.46. The first-order valence-corrected chi connectivity index (χ1v) is 13.8. The lowest BCUT2D eigenvalue weighted by Gasteiger charge is -2.28. The van der Waals surface area contributed by atoms with E-state index >= 15 is 0 Å². The molecule has 6 unspecified atom stereocenters. The van der Waals surface area contributed by atoms with Crippen LogP contribution in [0.1, 0.15) is 33.6 Å². The number of likely N-dealkylation sites (tertiary alicyclic amines) is 1. The van der Waals surface area contributed by atoms with Crippen LogP contribution in [0.2, 0.25) is 0 Å². The van der Waals surface area contributed by atoms with Gasteiger partial charge in [-0.2, -0.15) is 0 Å². The molecule has 0 aromatic heterocycles. The van der Waals surface area contributed by atoms with Crippen molar-refractivity contribution in [2.75, 3.05) is 13.2 Å². The number of benzene rings is 2. The summed E-state index contributed by atoms with van der Waals surface area (Å²) in [7, 11) is 0. The molecule has 0 radical (unpaired) electrons. The van der Waals surface area contributed by atoms with Gasteiger partial charge in [0.2, 0.25) is 11.8 Å². The average Bonchev–Trinajstić information content (AvgIpc) is 3.52. The molecule has 192 valence electrons. The maximum atomic E-state index is 12.9. The van der Waals surface area contributed by atoms with Gasteiger partial charge in [-0.25, -0.2) is 4.79 Å². The van der Waals surface area contributed by atoms with Gasteiger partial charge < -0.3 is 9.47 Å². The highest BCUT2D eigenvalue weighted by molar-refractivity contribution is 9.12. The van der Waals surface area contributed by atoms with Gasteiger partial charge in [0.05, 0.1) is 23.8 Å². The molecular weight excluding hydrogens is 610 g/mol. The third-order valence-electron chi connectivity index (χ3n) is 7.38. The van der Waals surface area contributed by atoms with Gasteiger partial charge in [-0.15, -0.1) is 0 Å². The molecule has 2 aromatic rings. The first kappa shape index (κ1) is 25.8. The van der Waals surface area contributed by atoms with E-state index in [4.69, 9.17) is 9.47 Å². The second-order valence-electron chi connectivity index (χ2n) is 9.45. The molecule has 3 fully saturated rings. The van der Waals surface area contributed by atoms with E-state index in [1.165, 1.54) is 29.2 Å². The quantitative estimate of drug-likeness (QED) is 0.143. The first-order valence-electron chi connectivity index (χ1n) is 12.0. The second kappa shape index (κ2) is 10.5. The van der Waals surface area contributed by atoms with Gasteiger partial charge >= 0.3 is 11.9 Å². The van der Waals surface area contributed by atoms with Gasteiger partial charge in [0, 0.05) is 21.8 Å². The fraction of sp³-hybridized carbons (Fsp3) is 0.370. The number of hydrogen-bond acceptors (Lipinski definition) is 7. The predicted molar refractivity (Wildman–Crippen MR) is 138 cm³/mol. The molecule has 1 aliphatic heterocycles. The lowest BCUT2D eigenvalue weighted by atomic mass is 9.81. The molecule has 37 heavy (non-hydrogen) atoms. The Morgan fingerprint density at radius 2 is 1.43 bits per heavy atom. The number of rotatable bonds is 8. The Balaban J connectivity index is 1.09. The predicted octanol–water partition coefficient (Wildman–Crippen LogP) is 3.80. The van der Waals surface area contributed by atoms with Crippen LogP contribution in [0.15, 0.2) is 54.6 Å². The van der Waals surface area contributed by atoms with Crippen molar-refractivity contribution >= 4 is 61.4 Å². The second-order valence-corrected chi connectivity index (χ2v) is 11.6. The summed E-state index contributed by atoms with van der Waals surface area (Å²) in [5.74, 6) is -2.22. The number of amides is 2. The van der Waals surface area contributed by atoms with Crippen LogP contribution in [-0.4, -0.2) is 57.2 Å². The van der Waals surface area contributed by atoms with Crippen LogP contribution < -0.4 is 4.74 Å². The fourth-order valence-electron chi connectivity index (χ4n) is 5.58. The van der Waals surface area contributed by atoms with E-state index in [9.17, 15) is 24.0 Å². The van der Waals surface area contributed by atoms with Crippen LogP contribution in [0.3, 0.4) is 0 Å². The number of fused-ring (bicyclic) bond motifs is 5. The van der Waals surface area contributed by atoms with Crippen LogP contribution in [0.25, 0.3) is 0 Å². The van der Waals surface area contributed by atoms with Gasteiger partial charge in [0.1, 0.15) is 5.75 Å². The Kier molecular flexibility index (Phi) is 7.31. The Morgan fingerprint density at radius 3 is 2.03 bits per heavy atom. The monoisotopic (exact) mass is 631 g/mol. The van der Waals surface area contributed by atoms with E-state index in [0.29, 0.717) is 5.56 Å². The molecule has 1 heterocycles. The highest BCUT2D eigenvalue weighted by Crippen LogP contribution is 2.60. The summed E-state index contributed by atoms with van der Waals surface area (Å²) >= 11 is 7.29. The van der Waals surface area contributed by atoms with Crippen LogP contribution in [0, 0.1) is 23.7 Å². The van der Waals surface area contributed by atoms with Crippen LogP contribution in [-0.2, 0) is 19.1 Å². The van der Waals surface area contributed by atoms with Crippen molar-refractivity contribution in [3.05, 3.63) is 65.7 Å². The largest absolute Gasteiger partial charge is 0.457 e. The van der Waals surface area contributed by atoms with Crippen molar-refractivity contribution in [1.29, 1.82) is 0 Å². The van der Waals surface area contributed by atoms with Crippen LogP contribution in [0.5, 0.6) is 5.75 Å². The normalized spacial score (nSPS) is 27.8. The number of nitrogens with zero attached hydrogens (tertiary/aromatic N) is 1. The standard InChI is InChI=1S/C27H23Br2NO7/c28-23-17-12-18(24(23)29)22-21(17)25(33)30(26(22)34)11-10-20(32)36-13-19(31)14-6-8-16(9-7-14)37-27(35)15-4-2-1-3-5-15/h1-9,17-18,21-24H,10-13H2. The number of esters is 2.